The lowest BCUT2D eigenvalue weighted by atomic mass is 10.0. The van der Waals surface area contributed by atoms with Crippen molar-refractivity contribution in [2.75, 3.05) is 26.8 Å². The van der Waals surface area contributed by atoms with Gasteiger partial charge >= 0.3 is 0 Å². The second-order valence-corrected chi connectivity index (χ2v) is 5.36. The molecule has 1 aliphatic heterocycles. The molecular formula is C15H22N2O3. The summed E-state index contributed by atoms with van der Waals surface area (Å²) in [4.78, 5) is 11.9. The van der Waals surface area contributed by atoms with E-state index in [1.165, 1.54) is 0 Å². The van der Waals surface area contributed by atoms with Crippen LogP contribution in [-0.2, 0) is 11.2 Å². The van der Waals surface area contributed by atoms with Crippen molar-refractivity contribution >= 4 is 5.91 Å². The highest BCUT2D eigenvalue weighted by atomic mass is 16.6. The smallest absolute Gasteiger partial charge is 0.239 e. The van der Waals surface area contributed by atoms with E-state index in [0.717, 1.165) is 23.5 Å². The number of fused-ring (bicyclic) bond motifs is 1. The lowest BCUT2D eigenvalue weighted by Gasteiger charge is -2.23. The van der Waals surface area contributed by atoms with Crippen molar-refractivity contribution in [2.45, 2.75) is 25.8 Å². The second-order valence-electron chi connectivity index (χ2n) is 5.36. The Hall–Kier alpha value is -1.75. The Balaban J connectivity index is 1.87. The van der Waals surface area contributed by atoms with Crippen molar-refractivity contribution in [3.8, 4) is 11.5 Å². The largest absolute Gasteiger partial charge is 0.486 e. The van der Waals surface area contributed by atoms with Crippen LogP contribution < -0.4 is 20.1 Å². The maximum absolute atomic E-state index is 11.9. The fraction of sp³-hybridized carbons (Fsp3) is 0.533. The number of carbonyl (C=O) groups excluding carboxylic acids is 1. The number of nitrogens with one attached hydrogen (secondary N) is 2. The van der Waals surface area contributed by atoms with E-state index < -0.39 is 5.54 Å². The minimum atomic E-state index is -0.549. The number of rotatable bonds is 5. The van der Waals surface area contributed by atoms with Gasteiger partial charge < -0.3 is 20.1 Å². The second kappa shape index (κ2) is 6.13. The van der Waals surface area contributed by atoms with E-state index in [4.69, 9.17) is 9.47 Å². The van der Waals surface area contributed by atoms with Gasteiger partial charge in [0.25, 0.3) is 0 Å². The van der Waals surface area contributed by atoms with E-state index in [0.29, 0.717) is 19.8 Å². The molecular weight excluding hydrogens is 256 g/mol. The molecule has 1 aromatic carbocycles. The molecule has 1 aliphatic rings. The highest BCUT2D eigenvalue weighted by Gasteiger charge is 2.24. The molecule has 1 aromatic rings. The number of likely N-dealkylation sites (N-methyl/N-ethyl adjacent to an activating group) is 1. The maximum atomic E-state index is 11.9. The first-order chi connectivity index (χ1) is 9.53. The lowest BCUT2D eigenvalue weighted by molar-refractivity contribution is -0.126. The average molecular weight is 278 g/mol. The van der Waals surface area contributed by atoms with Gasteiger partial charge in [0.05, 0.1) is 5.54 Å². The number of hydrogen-bond acceptors (Lipinski definition) is 4. The van der Waals surface area contributed by atoms with Gasteiger partial charge in [-0.25, -0.2) is 0 Å². The van der Waals surface area contributed by atoms with Crippen LogP contribution >= 0.6 is 0 Å². The standard InChI is InChI=1S/C15H22N2O3/c1-15(2,16-3)14(18)17-7-6-11-4-5-12-13(10-11)20-9-8-19-12/h4-5,10,16H,6-9H2,1-3H3,(H,17,18). The Bertz CT molecular complexity index is 486. The molecule has 0 unspecified atom stereocenters. The summed E-state index contributed by atoms with van der Waals surface area (Å²) in [5, 5.41) is 5.91. The molecule has 1 amide bonds. The fourth-order valence-electron chi connectivity index (χ4n) is 1.90. The predicted octanol–water partition coefficient (Wildman–Crippen LogP) is 1.11. The molecule has 0 aromatic heterocycles. The normalized spacial score (nSPS) is 13.9. The van der Waals surface area contributed by atoms with Crippen molar-refractivity contribution in [1.29, 1.82) is 0 Å². The van der Waals surface area contributed by atoms with Gasteiger partial charge in [-0.1, -0.05) is 6.07 Å². The van der Waals surface area contributed by atoms with Crippen molar-refractivity contribution in [3.63, 3.8) is 0 Å². The molecule has 0 aliphatic carbocycles. The summed E-state index contributed by atoms with van der Waals surface area (Å²) in [6.45, 7) is 5.49. The first kappa shape index (κ1) is 14.7. The van der Waals surface area contributed by atoms with Crippen LogP contribution in [0.5, 0.6) is 11.5 Å². The van der Waals surface area contributed by atoms with E-state index in [-0.39, 0.29) is 5.91 Å². The summed E-state index contributed by atoms with van der Waals surface area (Å²) in [5.41, 5.74) is 0.573. The highest BCUT2D eigenvalue weighted by molar-refractivity contribution is 5.85. The van der Waals surface area contributed by atoms with Gasteiger partial charge in [-0.2, -0.15) is 0 Å². The number of amides is 1. The molecule has 0 radical (unpaired) electrons. The zero-order chi connectivity index (χ0) is 14.6. The third-order valence-corrected chi connectivity index (χ3v) is 3.50. The number of ether oxygens (including phenoxy) is 2. The van der Waals surface area contributed by atoms with Crippen LogP contribution in [0.4, 0.5) is 0 Å². The Kier molecular flexibility index (Phi) is 4.49. The SMILES string of the molecule is CNC(C)(C)C(=O)NCCc1ccc2c(c1)OCCO2. The van der Waals surface area contributed by atoms with Crippen LogP contribution in [0.1, 0.15) is 19.4 Å². The van der Waals surface area contributed by atoms with Gasteiger partial charge in [0.1, 0.15) is 13.2 Å². The summed E-state index contributed by atoms with van der Waals surface area (Å²) in [6, 6.07) is 5.90. The van der Waals surface area contributed by atoms with E-state index in [1.54, 1.807) is 7.05 Å². The zero-order valence-corrected chi connectivity index (χ0v) is 12.3. The van der Waals surface area contributed by atoms with Crippen LogP contribution in [0, 0.1) is 0 Å². The first-order valence-electron chi connectivity index (χ1n) is 6.88. The Morgan fingerprint density at radius 3 is 2.65 bits per heavy atom. The molecule has 0 saturated carbocycles. The lowest BCUT2D eigenvalue weighted by Crippen LogP contribution is -2.51. The van der Waals surface area contributed by atoms with Crippen LogP contribution in [0.3, 0.4) is 0 Å². The molecule has 0 bridgehead atoms. The summed E-state index contributed by atoms with van der Waals surface area (Å²) < 4.78 is 11.0. The summed E-state index contributed by atoms with van der Waals surface area (Å²) in [6.07, 6.45) is 0.766. The van der Waals surface area contributed by atoms with Crippen molar-refractivity contribution in [1.82, 2.24) is 10.6 Å². The Morgan fingerprint density at radius 1 is 1.25 bits per heavy atom. The van der Waals surface area contributed by atoms with Crippen LogP contribution in [0.25, 0.3) is 0 Å². The molecule has 5 heteroatoms. The van der Waals surface area contributed by atoms with Crippen LogP contribution in [0.15, 0.2) is 18.2 Å². The van der Waals surface area contributed by atoms with Crippen molar-refractivity contribution in [2.24, 2.45) is 0 Å². The quantitative estimate of drug-likeness (QED) is 0.847. The number of carbonyl (C=O) groups is 1. The molecule has 0 spiro atoms. The van der Waals surface area contributed by atoms with E-state index >= 15 is 0 Å². The molecule has 20 heavy (non-hydrogen) atoms. The van der Waals surface area contributed by atoms with Gasteiger partial charge in [0.15, 0.2) is 11.5 Å². The number of benzene rings is 1. The van der Waals surface area contributed by atoms with Crippen molar-refractivity contribution in [3.05, 3.63) is 23.8 Å². The van der Waals surface area contributed by atoms with Crippen molar-refractivity contribution < 1.29 is 14.3 Å². The van der Waals surface area contributed by atoms with Gasteiger partial charge in [-0.3, -0.25) is 4.79 Å². The molecule has 1 heterocycles. The molecule has 2 rings (SSSR count). The molecule has 0 atom stereocenters. The monoisotopic (exact) mass is 278 g/mol. The van der Waals surface area contributed by atoms with E-state index in [2.05, 4.69) is 10.6 Å². The Labute approximate surface area is 119 Å². The van der Waals surface area contributed by atoms with Gasteiger partial charge in [-0.05, 0) is 45.0 Å². The third-order valence-electron chi connectivity index (χ3n) is 3.50. The third kappa shape index (κ3) is 3.42. The average Bonchev–Trinajstić information content (AvgIpc) is 2.47. The van der Waals surface area contributed by atoms with Gasteiger partial charge in [0, 0.05) is 6.54 Å². The molecule has 0 fully saturated rings. The van der Waals surface area contributed by atoms with Crippen LogP contribution in [-0.4, -0.2) is 38.3 Å². The Morgan fingerprint density at radius 2 is 1.95 bits per heavy atom. The molecule has 0 saturated heterocycles. The maximum Gasteiger partial charge on any atom is 0.239 e. The summed E-state index contributed by atoms with van der Waals surface area (Å²) in [7, 11) is 1.78. The topological polar surface area (TPSA) is 59.6 Å². The fourth-order valence-corrected chi connectivity index (χ4v) is 1.90. The minimum Gasteiger partial charge on any atom is -0.486 e. The molecule has 110 valence electrons. The van der Waals surface area contributed by atoms with E-state index in [9.17, 15) is 4.79 Å². The highest BCUT2D eigenvalue weighted by Crippen LogP contribution is 2.30. The van der Waals surface area contributed by atoms with E-state index in [1.807, 2.05) is 32.0 Å². The van der Waals surface area contributed by atoms with Gasteiger partial charge in [-0.15, -0.1) is 0 Å². The minimum absolute atomic E-state index is 0.00227. The number of hydrogen-bond donors (Lipinski definition) is 2. The van der Waals surface area contributed by atoms with Gasteiger partial charge in [0.2, 0.25) is 5.91 Å². The molecule has 2 N–H and O–H groups in total. The summed E-state index contributed by atoms with van der Waals surface area (Å²) in [5.74, 6) is 1.58. The zero-order valence-electron chi connectivity index (χ0n) is 12.3. The predicted molar refractivity (Wildman–Crippen MR) is 77.3 cm³/mol. The first-order valence-corrected chi connectivity index (χ1v) is 6.88. The van der Waals surface area contributed by atoms with Crippen LogP contribution in [0.2, 0.25) is 0 Å². The summed E-state index contributed by atoms with van der Waals surface area (Å²) >= 11 is 0. The molecule has 5 nitrogen and oxygen atoms in total.